The largest absolute Gasteiger partial charge is 0.495 e. The van der Waals surface area contributed by atoms with Crippen LogP contribution in [-0.2, 0) is 0 Å². The quantitative estimate of drug-likeness (QED) is 0.182. The number of rotatable bonds is 5. The van der Waals surface area contributed by atoms with Crippen molar-refractivity contribution in [3.8, 4) is 22.9 Å². The molecule has 4 aromatic rings. The summed E-state index contributed by atoms with van der Waals surface area (Å²) in [6, 6.07) is 5.55. The fraction of sp³-hybridized carbons (Fsp3) is 0.500. The highest BCUT2D eigenvalue weighted by atomic mass is 35.5. The van der Waals surface area contributed by atoms with Crippen LogP contribution < -0.4 is 15.2 Å². The maximum absolute atomic E-state index is 6.58. The van der Waals surface area contributed by atoms with Crippen LogP contribution in [0.2, 0.25) is 10.0 Å². The second-order valence-electron chi connectivity index (χ2n) is 11.4. The first-order valence-corrected chi connectivity index (χ1v) is 15.6. The maximum Gasteiger partial charge on any atom is 0.141 e. The number of nitrogens with zero attached hydrogens (tertiary/aromatic N) is 4. The molecule has 2 heterocycles. The number of anilines is 1. The van der Waals surface area contributed by atoms with E-state index in [-0.39, 0.29) is 11.8 Å². The summed E-state index contributed by atoms with van der Waals surface area (Å²) in [6.45, 7) is 0. The highest BCUT2D eigenvalue weighted by Crippen LogP contribution is 2.43. The van der Waals surface area contributed by atoms with E-state index in [1.54, 1.807) is 14.2 Å². The number of hydrogen-bond acceptors (Lipinski definition) is 7. The molecular formula is C32H37Cl2N5O2. The average molecular weight is 595 g/mol. The smallest absolute Gasteiger partial charge is 0.141 e. The lowest BCUT2D eigenvalue weighted by molar-refractivity contribution is 0.415. The second-order valence-corrected chi connectivity index (χ2v) is 12.2. The number of fused-ring (bicyclic) bond motifs is 2. The average Bonchev–Trinajstić information content (AvgIpc) is 3.43. The highest BCUT2D eigenvalue weighted by Gasteiger charge is 2.29. The molecule has 0 aliphatic heterocycles. The first-order chi connectivity index (χ1) is 20.0. The van der Waals surface area contributed by atoms with E-state index in [9.17, 15) is 0 Å². The van der Waals surface area contributed by atoms with Crippen molar-refractivity contribution in [3.05, 3.63) is 39.6 Å². The minimum Gasteiger partial charge on any atom is -0.495 e. The van der Waals surface area contributed by atoms with Gasteiger partial charge in [0.2, 0.25) is 0 Å². The van der Waals surface area contributed by atoms with Crippen LogP contribution in [0.15, 0.2) is 18.2 Å². The van der Waals surface area contributed by atoms with Gasteiger partial charge < -0.3 is 15.2 Å². The van der Waals surface area contributed by atoms with Gasteiger partial charge in [-0.2, -0.15) is 0 Å². The molecule has 0 spiro atoms. The molecule has 2 aromatic heterocycles. The van der Waals surface area contributed by atoms with Gasteiger partial charge in [0.25, 0.3) is 0 Å². The molecule has 2 N–H and O–H groups in total. The lowest BCUT2D eigenvalue weighted by atomic mass is 9.89. The minimum atomic E-state index is 0.254. The van der Waals surface area contributed by atoms with E-state index in [4.69, 9.17) is 58.3 Å². The fourth-order valence-electron chi connectivity index (χ4n) is 6.58. The Morgan fingerprint density at radius 3 is 1.68 bits per heavy atom. The van der Waals surface area contributed by atoms with Crippen molar-refractivity contribution >= 4 is 51.0 Å². The summed E-state index contributed by atoms with van der Waals surface area (Å²) < 4.78 is 11.1. The maximum atomic E-state index is 6.58. The number of ether oxygens (including phenoxy) is 2. The molecule has 0 atom stereocenters. The second kappa shape index (κ2) is 12.1. The van der Waals surface area contributed by atoms with Gasteiger partial charge in [-0.1, -0.05) is 74.6 Å². The van der Waals surface area contributed by atoms with Crippen LogP contribution >= 0.6 is 23.2 Å². The minimum absolute atomic E-state index is 0.254. The molecule has 41 heavy (non-hydrogen) atoms. The molecule has 6 rings (SSSR count). The molecule has 2 aromatic carbocycles. The first-order valence-electron chi connectivity index (χ1n) is 14.9. The predicted octanol–water partition coefficient (Wildman–Crippen LogP) is 9.02. The van der Waals surface area contributed by atoms with E-state index < -0.39 is 0 Å². The van der Waals surface area contributed by atoms with Gasteiger partial charge >= 0.3 is 0 Å². The Morgan fingerprint density at radius 2 is 1.12 bits per heavy atom. The molecule has 2 aliphatic carbocycles. The number of nitrogen functional groups attached to an aromatic ring is 1. The van der Waals surface area contributed by atoms with E-state index in [1.807, 2.05) is 18.2 Å². The Balaban J connectivity index is 1.66. The molecule has 7 nitrogen and oxygen atoms in total. The molecule has 9 heteroatoms. The van der Waals surface area contributed by atoms with Gasteiger partial charge in [-0.05, 0) is 31.7 Å². The van der Waals surface area contributed by atoms with Gasteiger partial charge in [0.05, 0.1) is 52.9 Å². The number of methoxy groups -OCH3 is 2. The standard InChI is InChI=1S/C32H37Cl2N5O2/c1-40-24-16-22-21(15-20(24)33)36-28(18-11-7-3-4-8-12-18)31(37-22)32-29(19-13-9-5-6-10-14-19)39-30-23(38-32)17-25(41-2)26(34)27(30)35/h15-19H,3-14,35H2,1-2H3. The molecule has 0 bridgehead atoms. The number of hydrogen-bond donors (Lipinski definition) is 1. The Kier molecular flexibility index (Phi) is 8.36. The van der Waals surface area contributed by atoms with Gasteiger partial charge in [-0.25, -0.2) is 19.9 Å². The van der Waals surface area contributed by atoms with Crippen molar-refractivity contribution in [1.29, 1.82) is 0 Å². The summed E-state index contributed by atoms with van der Waals surface area (Å²) in [5.41, 5.74) is 13.2. The number of aromatic nitrogens is 4. The SMILES string of the molecule is COc1cc2nc(-c3nc4cc(OC)c(Cl)c(N)c4nc3C3CCCCCC3)c(C3CCCCCC3)nc2cc1Cl. The van der Waals surface area contributed by atoms with Crippen LogP contribution in [0.25, 0.3) is 33.5 Å². The molecule has 2 saturated carbocycles. The molecular weight excluding hydrogens is 557 g/mol. The van der Waals surface area contributed by atoms with Crippen LogP contribution in [0, 0.1) is 0 Å². The summed E-state index contributed by atoms with van der Waals surface area (Å²) >= 11 is 13.1. The van der Waals surface area contributed by atoms with Gasteiger partial charge in [-0.3, -0.25) is 0 Å². The molecule has 0 amide bonds. The predicted molar refractivity (Wildman–Crippen MR) is 166 cm³/mol. The summed E-state index contributed by atoms with van der Waals surface area (Å²) in [6.07, 6.45) is 13.9. The molecule has 0 saturated heterocycles. The lowest BCUT2D eigenvalue weighted by Gasteiger charge is -2.22. The summed E-state index contributed by atoms with van der Waals surface area (Å²) in [5.74, 6) is 1.59. The van der Waals surface area contributed by atoms with Crippen LogP contribution in [0.3, 0.4) is 0 Å². The molecule has 0 unspecified atom stereocenters. The zero-order chi connectivity index (χ0) is 28.5. The third-order valence-electron chi connectivity index (χ3n) is 8.82. The van der Waals surface area contributed by atoms with Crippen molar-refractivity contribution < 1.29 is 9.47 Å². The van der Waals surface area contributed by atoms with Gasteiger partial charge in [0.1, 0.15) is 33.4 Å². The fourth-order valence-corrected chi connectivity index (χ4v) is 7.04. The molecule has 2 fully saturated rings. The van der Waals surface area contributed by atoms with E-state index in [2.05, 4.69) is 0 Å². The van der Waals surface area contributed by atoms with Crippen LogP contribution in [0.5, 0.6) is 11.5 Å². The van der Waals surface area contributed by atoms with Gasteiger partial charge in [0, 0.05) is 24.0 Å². The van der Waals surface area contributed by atoms with Crippen LogP contribution in [-0.4, -0.2) is 34.2 Å². The Bertz CT molecular complexity index is 1580. The van der Waals surface area contributed by atoms with Crippen LogP contribution in [0.1, 0.15) is 100 Å². The Hall–Kier alpha value is -2.90. The Labute approximate surface area is 251 Å². The van der Waals surface area contributed by atoms with Gasteiger partial charge in [0.15, 0.2) is 0 Å². The van der Waals surface area contributed by atoms with Crippen molar-refractivity contribution in [2.45, 2.75) is 88.9 Å². The van der Waals surface area contributed by atoms with E-state index in [0.29, 0.717) is 38.3 Å². The summed E-state index contributed by atoms with van der Waals surface area (Å²) in [5, 5.41) is 0.889. The van der Waals surface area contributed by atoms with Crippen LogP contribution in [0.4, 0.5) is 5.69 Å². The molecule has 2 aliphatic rings. The molecule has 0 radical (unpaired) electrons. The highest BCUT2D eigenvalue weighted by molar-refractivity contribution is 6.36. The third kappa shape index (κ3) is 5.51. The zero-order valence-electron chi connectivity index (χ0n) is 23.8. The zero-order valence-corrected chi connectivity index (χ0v) is 25.3. The summed E-state index contributed by atoms with van der Waals surface area (Å²) in [7, 11) is 3.20. The van der Waals surface area contributed by atoms with Crippen molar-refractivity contribution in [3.63, 3.8) is 0 Å². The number of halogens is 2. The van der Waals surface area contributed by atoms with E-state index >= 15 is 0 Å². The lowest BCUT2D eigenvalue weighted by Crippen LogP contribution is -2.12. The Morgan fingerprint density at radius 1 is 0.634 bits per heavy atom. The first kappa shape index (κ1) is 28.2. The van der Waals surface area contributed by atoms with Crippen molar-refractivity contribution in [2.24, 2.45) is 0 Å². The normalized spacial score (nSPS) is 17.5. The molecule has 216 valence electrons. The number of nitrogens with two attached hydrogens (primary N) is 1. The topological polar surface area (TPSA) is 96.0 Å². The summed E-state index contributed by atoms with van der Waals surface area (Å²) in [4.78, 5) is 21.1. The van der Waals surface area contributed by atoms with Crippen molar-refractivity contribution in [1.82, 2.24) is 19.9 Å². The van der Waals surface area contributed by atoms with E-state index in [0.717, 1.165) is 72.3 Å². The van der Waals surface area contributed by atoms with Gasteiger partial charge in [-0.15, -0.1) is 0 Å². The van der Waals surface area contributed by atoms with E-state index in [1.165, 1.54) is 38.5 Å². The number of benzene rings is 2. The van der Waals surface area contributed by atoms with Crippen molar-refractivity contribution in [2.75, 3.05) is 20.0 Å². The monoisotopic (exact) mass is 593 g/mol. The third-order valence-corrected chi connectivity index (χ3v) is 9.50.